The number of hydrogen-bond donors (Lipinski definition) is 2. The molecule has 0 saturated carbocycles. The van der Waals surface area contributed by atoms with Crippen molar-refractivity contribution < 1.29 is 22.7 Å². The van der Waals surface area contributed by atoms with E-state index in [4.69, 9.17) is 5.11 Å². The summed E-state index contributed by atoms with van der Waals surface area (Å²) in [4.78, 5) is 11.1. The molecule has 1 heterocycles. The van der Waals surface area contributed by atoms with Gasteiger partial charge < -0.3 is 5.11 Å². The van der Waals surface area contributed by atoms with E-state index in [-0.39, 0.29) is 13.1 Å². The minimum Gasteiger partial charge on any atom is -0.480 e. The van der Waals surface area contributed by atoms with Crippen LogP contribution in [-0.4, -0.2) is 36.4 Å². The van der Waals surface area contributed by atoms with Gasteiger partial charge in [-0.25, -0.2) is 4.39 Å². The van der Waals surface area contributed by atoms with Gasteiger partial charge in [0.1, 0.15) is 11.9 Å². The van der Waals surface area contributed by atoms with Gasteiger partial charge in [-0.3, -0.25) is 4.79 Å². The molecule has 116 valence electrons. The van der Waals surface area contributed by atoms with E-state index in [0.29, 0.717) is 24.8 Å². The number of aliphatic carboxylic acids is 1. The van der Waals surface area contributed by atoms with Crippen molar-refractivity contribution in [2.75, 3.05) is 6.54 Å². The van der Waals surface area contributed by atoms with Crippen LogP contribution in [0, 0.1) is 5.82 Å². The van der Waals surface area contributed by atoms with Gasteiger partial charge in [0.05, 0.1) is 0 Å². The molecule has 2 N–H and O–H groups in total. The first-order chi connectivity index (χ1) is 9.90. The monoisotopic (exact) mass is 316 g/mol. The van der Waals surface area contributed by atoms with Crippen LogP contribution in [0.15, 0.2) is 24.3 Å². The Hall–Kier alpha value is -1.51. The maximum Gasteiger partial charge on any atom is 0.322 e. The molecule has 1 aromatic rings. The van der Waals surface area contributed by atoms with Gasteiger partial charge in [0.2, 0.25) is 0 Å². The van der Waals surface area contributed by atoms with Gasteiger partial charge in [-0.2, -0.15) is 17.4 Å². The molecule has 1 fully saturated rings. The van der Waals surface area contributed by atoms with Crippen LogP contribution in [0.25, 0.3) is 0 Å². The number of piperidine rings is 1. The Balaban J connectivity index is 2.08. The standard InChI is InChI=1S/C13H17FN2O4S/c14-11-5-3-4-10(8-11)9-15-21(19,20)16-7-2-1-6-12(16)13(17)18/h3-5,8,12,15H,1-2,6-7,9H2,(H,17,18). The molecule has 0 spiro atoms. The molecular formula is C13H17FN2O4S. The third kappa shape index (κ3) is 3.99. The van der Waals surface area contributed by atoms with Crippen molar-refractivity contribution in [1.29, 1.82) is 0 Å². The summed E-state index contributed by atoms with van der Waals surface area (Å²) in [6.45, 7) is 0.0956. The van der Waals surface area contributed by atoms with E-state index in [0.717, 1.165) is 4.31 Å². The first-order valence-electron chi connectivity index (χ1n) is 6.64. The zero-order chi connectivity index (χ0) is 15.5. The van der Waals surface area contributed by atoms with Gasteiger partial charge in [-0.1, -0.05) is 12.1 Å². The lowest BCUT2D eigenvalue weighted by atomic mass is 10.1. The average molecular weight is 316 g/mol. The zero-order valence-corrected chi connectivity index (χ0v) is 12.1. The van der Waals surface area contributed by atoms with E-state index in [1.807, 2.05) is 0 Å². The van der Waals surface area contributed by atoms with E-state index in [9.17, 15) is 17.6 Å². The fourth-order valence-electron chi connectivity index (χ4n) is 2.34. The van der Waals surface area contributed by atoms with E-state index in [2.05, 4.69) is 4.72 Å². The summed E-state index contributed by atoms with van der Waals surface area (Å²) in [5.74, 6) is -1.60. The predicted octanol–water partition coefficient (Wildman–Crippen LogP) is 1.10. The summed E-state index contributed by atoms with van der Waals surface area (Å²) in [7, 11) is -3.91. The molecule has 1 aromatic carbocycles. The fraction of sp³-hybridized carbons (Fsp3) is 0.462. The summed E-state index contributed by atoms with van der Waals surface area (Å²) < 4.78 is 40.8. The number of carboxylic acids is 1. The second kappa shape index (κ2) is 6.50. The molecule has 1 saturated heterocycles. The van der Waals surface area contributed by atoms with Crippen LogP contribution in [0.2, 0.25) is 0 Å². The molecule has 1 aliphatic heterocycles. The van der Waals surface area contributed by atoms with Crippen LogP contribution in [0.1, 0.15) is 24.8 Å². The quantitative estimate of drug-likeness (QED) is 0.851. The lowest BCUT2D eigenvalue weighted by molar-refractivity contribution is -0.142. The zero-order valence-electron chi connectivity index (χ0n) is 11.3. The number of nitrogens with one attached hydrogen (secondary N) is 1. The number of carboxylic acid groups (broad SMARTS) is 1. The highest BCUT2D eigenvalue weighted by Crippen LogP contribution is 2.20. The van der Waals surface area contributed by atoms with E-state index in [1.165, 1.54) is 18.2 Å². The Morgan fingerprint density at radius 2 is 2.19 bits per heavy atom. The number of nitrogens with zero attached hydrogens (tertiary/aromatic N) is 1. The second-order valence-corrected chi connectivity index (χ2v) is 6.62. The van der Waals surface area contributed by atoms with Crippen LogP contribution in [0.3, 0.4) is 0 Å². The molecule has 0 radical (unpaired) electrons. The number of benzene rings is 1. The molecule has 6 nitrogen and oxygen atoms in total. The van der Waals surface area contributed by atoms with Crippen LogP contribution in [0.5, 0.6) is 0 Å². The molecule has 21 heavy (non-hydrogen) atoms. The summed E-state index contributed by atoms with van der Waals surface area (Å²) in [5.41, 5.74) is 0.474. The van der Waals surface area contributed by atoms with Crippen molar-refractivity contribution in [3.63, 3.8) is 0 Å². The van der Waals surface area contributed by atoms with Crippen LogP contribution >= 0.6 is 0 Å². The molecule has 0 aliphatic carbocycles. The van der Waals surface area contributed by atoms with E-state index < -0.39 is 28.0 Å². The normalized spacial score (nSPS) is 20.3. The average Bonchev–Trinajstić information content (AvgIpc) is 2.45. The molecule has 1 atom stereocenters. The van der Waals surface area contributed by atoms with Gasteiger partial charge >= 0.3 is 5.97 Å². The van der Waals surface area contributed by atoms with Gasteiger partial charge in [-0.05, 0) is 37.0 Å². The molecular weight excluding hydrogens is 299 g/mol. The smallest absolute Gasteiger partial charge is 0.322 e. The minimum atomic E-state index is -3.91. The van der Waals surface area contributed by atoms with Gasteiger partial charge in [0.15, 0.2) is 0 Å². The van der Waals surface area contributed by atoms with E-state index >= 15 is 0 Å². The number of rotatable bonds is 5. The molecule has 8 heteroatoms. The predicted molar refractivity (Wildman–Crippen MR) is 74.1 cm³/mol. The highest BCUT2D eigenvalue weighted by Gasteiger charge is 2.36. The van der Waals surface area contributed by atoms with Crippen molar-refractivity contribution in [3.8, 4) is 0 Å². The third-order valence-electron chi connectivity index (χ3n) is 3.40. The highest BCUT2D eigenvalue weighted by atomic mass is 32.2. The molecule has 0 amide bonds. The Kier molecular flexibility index (Phi) is 4.92. The van der Waals surface area contributed by atoms with Crippen molar-refractivity contribution >= 4 is 16.2 Å². The van der Waals surface area contributed by atoms with Crippen LogP contribution < -0.4 is 4.72 Å². The van der Waals surface area contributed by atoms with Crippen LogP contribution in [-0.2, 0) is 21.5 Å². The lowest BCUT2D eigenvalue weighted by Crippen LogP contribution is -2.51. The molecule has 1 unspecified atom stereocenters. The first kappa shape index (κ1) is 15.9. The van der Waals surface area contributed by atoms with Gasteiger partial charge in [0.25, 0.3) is 10.2 Å². The molecule has 2 rings (SSSR count). The van der Waals surface area contributed by atoms with Crippen molar-refractivity contribution in [2.45, 2.75) is 31.8 Å². The van der Waals surface area contributed by atoms with E-state index in [1.54, 1.807) is 6.07 Å². The fourth-order valence-corrected chi connectivity index (χ4v) is 3.76. The SMILES string of the molecule is O=C(O)C1CCCCN1S(=O)(=O)NCc1cccc(F)c1. The minimum absolute atomic E-state index is 0.0804. The maximum absolute atomic E-state index is 13.0. The topological polar surface area (TPSA) is 86.7 Å². The van der Waals surface area contributed by atoms with Crippen molar-refractivity contribution in [2.24, 2.45) is 0 Å². The second-order valence-electron chi connectivity index (χ2n) is 4.92. The summed E-state index contributed by atoms with van der Waals surface area (Å²) >= 11 is 0. The number of carbonyl (C=O) groups is 1. The number of halogens is 1. The Morgan fingerprint density at radius 1 is 1.43 bits per heavy atom. The maximum atomic E-state index is 13.0. The largest absolute Gasteiger partial charge is 0.480 e. The molecule has 0 aromatic heterocycles. The molecule has 0 bridgehead atoms. The first-order valence-corrected chi connectivity index (χ1v) is 8.08. The Bertz CT molecular complexity index is 620. The molecule has 1 aliphatic rings. The Labute approximate surface area is 122 Å². The lowest BCUT2D eigenvalue weighted by Gasteiger charge is -2.31. The summed E-state index contributed by atoms with van der Waals surface area (Å²) in [6, 6.07) is 4.54. The Morgan fingerprint density at radius 3 is 2.86 bits per heavy atom. The van der Waals surface area contributed by atoms with Crippen molar-refractivity contribution in [3.05, 3.63) is 35.6 Å². The van der Waals surface area contributed by atoms with Gasteiger partial charge in [0, 0.05) is 13.1 Å². The summed E-state index contributed by atoms with van der Waals surface area (Å²) in [5, 5.41) is 9.11. The number of hydrogen-bond acceptors (Lipinski definition) is 3. The van der Waals surface area contributed by atoms with Gasteiger partial charge in [-0.15, -0.1) is 0 Å². The third-order valence-corrected chi connectivity index (χ3v) is 4.96. The summed E-state index contributed by atoms with van der Waals surface area (Å²) in [6.07, 6.45) is 1.62. The van der Waals surface area contributed by atoms with Crippen LogP contribution in [0.4, 0.5) is 4.39 Å². The highest BCUT2D eigenvalue weighted by molar-refractivity contribution is 7.87. The van der Waals surface area contributed by atoms with Crippen molar-refractivity contribution in [1.82, 2.24) is 9.03 Å².